The van der Waals surface area contributed by atoms with Gasteiger partial charge in [-0.05, 0) is 91.6 Å². The molecule has 4 bridgehead atoms. The molecule has 1 heterocycles. The molecule has 4 aliphatic carbocycles. The first kappa shape index (κ1) is 19.7. The molecule has 158 valence electrons. The maximum atomic E-state index is 2.89. The lowest BCUT2D eigenvalue weighted by atomic mass is 9.47. The van der Waals surface area contributed by atoms with Crippen LogP contribution < -0.4 is 4.90 Å². The normalized spacial score (nSPS) is 35.1. The summed E-state index contributed by atoms with van der Waals surface area (Å²) in [7, 11) is 0. The van der Waals surface area contributed by atoms with Crippen LogP contribution in [-0.2, 0) is 5.41 Å². The van der Waals surface area contributed by atoms with Crippen LogP contribution in [0.1, 0.15) is 97.6 Å². The summed E-state index contributed by atoms with van der Waals surface area (Å²) in [5, 5.41) is 0. The van der Waals surface area contributed by atoms with Crippen LogP contribution in [0.4, 0.5) is 5.69 Å². The molecule has 2 unspecified atom stereocenters. The van der Waals surface area contributed by atoms with Gasteiger partial charge in [-0.1, -0.05) is 64.5 Å². The molecule has 1 aromatic carbocycles. The molecule has 2 atom stereocenters. The summed E-state index contributed by atoms with van der Waals surface area (Å²) in [6, 6.07) is 7.11. The summed E-state index contributed by atoms with van der Waals surface area (Å²) >= 11 is 0. The topological polar surface area (TPSA) is 3.24 Å². The molecule has 2 saturated carbocycles. The van der Waals surface area contributed by atoms with Crippen molar-refractivity contribution in [2.75, 3.05) is 11.4 Å². The van der Waals surface area contributed by atoms with Crippen molar-refractivity contribution in [3.05, 3.63) is 41.0 Å². The van der Waals surface area contributed by atoms with E-state index in [1.807, 2.05) is 5.57 Å². The summed E-state index contributed by atoms with van der Waals surface area (Å²) in [5.41, 5.74) is 7.41. The fourth-order valence-electron chi connectivity index (χ4n) is 7.85. The molecule has 1 aromatic rings. The first-order valence-corrected chi connectivity index (χ1v) is 12.1. The van der Waals surface area contributed by atoms with Crippen molar-refractivity contribution >= 4 is 5.69 Å². The number of para-hydroxylation sites is 1. The van der Waals surface area contributed by atoms with Gasteiger partial charge in [-0.2, -0.15) is 0 Å². The summed E-state index contributed by atoms with van der Waals surface area (Å²) in [5.74, 6) is 3.31. The number of hydrogen-bond acceptors (Lipinski definition) is 1. The standard InChI is InChI=1S/C28H41N/c1-18(2)23-9-8-10-24(26(3,4)5)25(23)29-17-28(16-27(29,6)7)21-12-19-11-20(14-21)15-22(28)13-19/h8-11,18-19,21-22H,12-17H2,1-7H3. The van der Waals surface area contributed by atoms with E-state index in [-0.39, 0.29) is 11.0 Å². The predicted molar refractivity (Wildman–Crippen MR) is 125 cm³/mol. The highest BCUT2D eigenvalue weighted by Gasteiger charge is 2.61. The van der Waals surface area contributed by atoms with Gasteiger partial charge < -0.3 is 4.90 Å². The Morgan fingerprint density at radius 1 is 1.03 bits per heavy atom. The van der Waals surface area contributed by atoms with Crippen molar-refractivity contribution in [3.63, 3.8) is 0 Å². The number of anilines is 1. The Morgan fingerprint density at radius 3 is 2.24 bits per heavy atom. The van der Waals surface area contributed by atoms with E-state index in [1.165, 1.54) is 38.6 Å². The Labute approximate surface area is 179 Å². The van der Waals surface area contributed by atoms with Crippen LogP contribution in [0, 0.1) is 23.2 Å². The Kier molecular flexibility index (Phi) is 4.18. The molecule has 3 fully saturated rings. The van der Waals surface area contributed by atoms with Gasteiger partial charge in [-0.3, -0.25) is 0 Å². The largest absolute Gasteiger partial charge is 0.365 e. The zero-order valence-electron chi connectivity index (χ0n) is 19.8. The molecule has 0 radical (unpaired) electrons. The average molecular weight is 392 g/mol. The third-order valence-corrected chi connectivity index (χ3v) is 9.00. The van der Waals surface area contributed by atoms with Gasteiger partial charge in [0.05, 0.1) is 0 Å². The summed E-state index contributed by atoms with van der Waals surface area (Å²) in [6.07, 6.45) is 9.75. The smallest absolute Gasteiger partial charge is 0.0443 e. The number of rotatable bonds is 2. The van der Waals surface area contributed by atoms with Gasteiger partial charge in [-0.15, -0.1) is 0 Å². The van der Waals surface area contributed by atoms with E-state index in [0.717, 1.165) is 17.8 Å². The third-order valence-electron chi connectivity index (χ3n) is 9.00. The molecule has 1 nitrogen and oxygen atoms in total. The van der Waals surface area contributed by atoms with E-state index in [1.54, 1.807) is 16.8 Å². The van der Waals surface area contributed by atoms with Crippen LogP contribution in [0.25, 0.3) is 0 Å². The molecule has 0 N–H and O–H groups in total. The summed E-state index contributed by atoms with van der Waals surface area (Å²) in [6.45, 7) is 18.3. The van der Waals surface area contributed by atoms with Crippen molar-refractivity contribution in [1.82, 2.24) is 0 Å². The highest BCUT2D eigenvalue weighted by molar-refractivity contribution is 5.65. The van der Waals surface area contributed by atoms with Crippen molar-refractivity contribution < 1.29 is 0 Å². The first-order chi connectivity index (χ1) is 13.5. The number of hydrogen-bond donors (Lipinski definition) is 0. The fourth-order valence-corrected chi connectivity index (χ4v) is 7.85. The van der Waals surface area contributed by atoms with Gasteiger partial charge in [-0.25, -0.2) is 0 Å². The predicted octanol–water partition coefficient (Wildman–Crippen LogP) is 7.46. The van der Waals surface area contributed by atoms with E-state index in [9.17, 15) is 0 Å². The molecule has 5 aliphatic rings. The Hall–Kier alpha value is -1.24. The van der Waals surface area contributed by atoms with Gasteiger partial charge in [0.2, 0.25) is 0 Å². The molecule has 1 heteroatoms. The minimum atomic E-state index is 0.168. The molecular formula is C28H41N. The van der Waals surface area contributed by atoms with E-state index in [2.05, 4.69) is 77.6 Å². The lowest BCUT2D eigenvalue weighted by Gasteiger charge is -2.57. The maximum absolute atomic E-state index is 2.89. The zero-order chi connectivity index (χ0) is 20.8. The zero-order valence-corrected chi connectivity index (χ0v) is 19.8. The molecule has 1 saturated heterocycles. The highest BCUT2D eigenvalue weighted by Crippen LogP contribution is 2.66. The van der Waals surface area contributed by atoms with Crippen LogP contribution in [-0.4, -0.2) is 12.1 Å². The van der Waals surface area contributed by atoms with Crippen LogP contribution in [0.5, 0.6) is 0 Å². The number of nitrogens with zero attached hydrogens (tertiary/aromatic N) is 1. The minimum Gasteiger partial charge on any atom is -0.365 e. The molecule has 29 heavy (non-hydrogen) atoms. The van der Waals surface area contributed by atoms with Gasteiger partial charge >= 0.3 is 0 Å². The SMILES string of the molecule is CC(C)c1cccc(C(C)(C)C)c1N1CC2(CC1(C)C)C1CC3=CC(C1)CC2C3. The number of allylic oxidation sites excluding steroid dienone is 2. The maximum Gasteiger partial charge on any atom is 0.0443 e. The van der Waals surface area contributed by atoms with Gasteiger partial charge in [0, 0.05) is 17.8 Å². The summed E-state index contributed by atoms with van der Waals surface area (Å²) < 4.78 is 0. The molecular weight excluding hydrogens is 350 g/mol. The van der Waals surface area contributed by atoms with Crippen LogP contribution >= 0.6 is 0 Å². The van der Waals surface area contributed by atoms with Gasteiger partial charge in [0.1, 0.15) is 0 Å². The molecule has 0 amide bonds. The van der Waals surface area contributed by atoms with E-state index < -0.39 is 0 Å². The van der Waals surface area contributed by atoms with Gasteiger partial charge in [0.15, 0.2) is 0 Å². The van der Waals surface area contributed by atoms with Crippen molar-refractivity contribution in [2.24, 2.45) is 23.2 Å². The lowest BCUT2D eigenvalue weighted by Crippen LogP contribution is -2.51. The van der Waals surface area contributed by atoms with Crippen LogP contribution in [0.15, 0.2) is 29.8 Å². The molecule has 0 aromatic heterocycles. The van der Waals surface area contributed by atoms with Crippen LogP contribution in [0.3, 0.4) is 0 Å². The van der Waals surface area contributed by atoms with Crippen molar-refractivity contribution in [2.45, 2.75) is 97.4 Å². The Morgan fingerprint density at radius 2 is 1.69 bits per heavy atom. The fraction of sp³-hybridized carbons (Fsp3) is 0.714. The van der Waals surface area contributed by atoms with E-state index in [0.29, 0.717) is 11.3 Å². The number of benzene rings is 1. The minimum absolute atomic E-state index is 0.168. The summed E-state index contributed by atoms with van der Waals surface area (Å²) in [4.78, 5) is 2.89. The van der Waals surface area contributed by atoms with E-state index >= 15 is 0 Å². The molecule has 6 rings (SSSR count). The van der Waals surface area contributed by atoms with Crippen LogP contribution in [0.2, 0.25) is 0 Å². The van der Waals surface area contributed by atoms with Gasteiger partial charge in [0.25, 0.3) is 0 Å². The quantitative estimate of drug-likeness (QED) is 0.473. The first-order valence-electron chi connectivity index (χ1n) is 12.1. The average Bonchev–Trinajstić information content (AvgIpc) is 2.90. The second-order valence-corrected chi connectivity index (χ2v) is 12.8. The Bertz CT molecular complexity index is 832. The van der Waals surface area contributed by atoms with Crippen molar-refractivity contribution in [3.8, 4) is 0 Å². The second-order valence-electron chi connectivity index (χ2n) is 12.8. The highest BCUT2D eigenvalue weighted by atomic mass is 15.2. The Balaban J connectivity index is 1.62. The van der Waals surface area contributed by atoms with E-state index in [4.69, 9.17) is 0 Å². The second kappa shape index (κ2) is 6.14. The lowest BCUT2D eigenvalue weighted by molar-refractivity contribution is -0.0145. The van der Waals surface area contributed by atoms with Crippen molar-refractivity contribution in [1.29, 1.82) is 0 Å². The molecule has 1 spiro atoms. The monoisotopic (exact) mass is 391 g/mol. The third kappa shape index (κ3) is 2.86. The molecule has 1 aliphatic heterocycles.